The maximum absolute atomic E-state index is 10.8. The highest BCUT2D eigenvalue weighted by molar-refractivity contribution is 5.60. The number of hydrogen-bond acceptors (Lipinski definition) is 4. The van der Waals surface area contributed by atoms with E-state index in [9.17, 15) is 4.79 Å². The molecule has 0 amide bonds. The second-order valence-corrected chi connectivity index (χ2v) is 3.17. The standard InChI is InChI=1S/C10H13NO3/c1-13-10(12)14-9(7-11)8-5-3-2-4-6-8/h2-3,8-9H,4-6H2,1H3. The van der Waals surface area contributed by atoms with Gasteiger partial charge in [0.15, 0.2) is 6.10 Å². The fourth-order valence-electron chi connectivity index (χ4n) is 1.47. The minimum Gasteiger partial charge on any atom is -0.438 e. The molecule has 0 bridgehead atoms. The third-order valence-electron chi connectivity index (χ3n) is 2.25. The van der Waals surface area contributed by atoms with Crippen LogP contribution in [-0.4, -0.2) is 19.4 Å². The lowest BCUT2D eigenvalue weighted by Gasteiger charge is -2.21. The molecule has 0 aromatic carbocycles. The molecular weight excluding hydrogens is 182 g/mol. The summed E-state index contributed by atoms with van der Waals surface area (Å²) in [5.74, 6) is 0.101. The molecule has 0 radical (unpaired) electrons. The molecule has 0 saturated carbocycles. The van der Waals surface area contributed by atoms with Crippen LogP contribution in [0.25, 0.3) is 0 Å². The largest absolute Gasteiger partial charge is 0.509 e. The van der Waals surface area contributed by atoms with Crippen molar-refractivity contribution in [3.8, 4) is 6.07 Å². The molecule has 0 spiro atoms. The predicted octanol–water partition coefficient (Wildman–Crippen LogP) is 2.02. The minimum atomic E-state index is -0.786. The van der Waals surface area contributed by atoms with Crippen LogP contribution in [0.1, 0.15) is 19.3 Å². The summed E-state index contributed by atoms with van der Waals surface area (Å²) >= 11 is 0. The smallest absolute Gasteiger partial charge is 0.438 e. The number of ether oxygens (including phenoxy) is 2. The molecule has 76 valence electrons. The van der Waals surface area contributed by atoms with Crippen LogP contribution >= 0.6 is 0 Å². The first-order chi connectivity index (χ1) is 6.77. The summed E-state index contributed by atoms with van der Waals surface area (Å²) in [7, 11) is 1.23. The minimum absolute atomic E-state index is 0.101. The molecule has 0 aliphatic heterocycles. The van der Waals surface area contributed by atoms with Crippen molar-refractivity contribution in [1.82, 2.24) is 0 Å². The van der Waals surface area contributed by atoms with E-state index in [0.29, 0.717) is 0 Å². The van der Waals surface area contributed by atoms with Crippen LogP contribution in [0.15, 0.2) is 12.2 Å². The van der Waals surface area contributed by atoms with Gasteiger partial charge < -0.3 is 9.47 Å². The molecule has 1 rings (SSSR count). The lowest BCUT2D eigenvalue weighted by atomic mass is 9.90. The van der Waals surface area contributed by atoms with Crippen molar-refractivity contribution in [2.24, 2.45) is 5.92 Å². The van der Waals surface area contributed by atoms with E-state index in [2.05, 4.69) is 10.8 Å². The van der Waals surface area contributed by atoms with Crippen LogP contribution in [0.5, 0.6) is 0 Å². The molecule has 4 nitrogen and oxygen atoms in total. The number of nitriles is 1. The van der Waals surface area contributed by atoms with Crippen LogP contribution in [0.2, 0.25) is 0 Å². The summed E-state index contributed by atoms with van der Waals surface area (Å²) in [5.41, 5.74) is 0. The van der Waals surface area contributed by atoms with E-state index in [1.165, 1.54) is 7.11 Å². The van der Waals surface area contributed by atoms with Crippen molar-refractivity contribution in [1.29, 1.82) is 5.26 Å². The highest BCUT2D eigenvalue weighted by Gasteiger charge is 2.25. The van der Waals surface area contributed by atoms with E-state index in [1.807, 2.05) is 12.1 Å². The van der Waals surface area contributed by atoms with Crippen LogP contribution < -0.4 is 0 Å². The molecule has 2 unspecified atom stereocenters. The quantitative estimate of drug-likeness (QED) is 0.499. The molecule has 0 fully saturated rings. The normalized spacial score (nSPS) is 22.1. The maximum Gasteiger partial charge on any atom is 0.509 e. The summed E-state index contributed by atoms with van der Waals surface area (Å²) in [6.45, 7) is 0. The van der Waals surface area contributed by atoms with E-state index in [4.69, 9.17) is 10.00 Å². The molecular formula is C10H13NO3. The molecule has 1 aliphatic carbocycles. The monoisotopic (exact) mass is 195 g/mol. The third kappa shape index (κ3) is 2.77. The average Bonchev–Trinajstić information content (AvgIpc) is 2.26. The first kappa shape index (κ1) is 10.6. The highest BCUT2D eigenvalue weighted by Crippen LogP contribution is 2.23. The summed E-state index contributed by atoms with van der Waals surface area (Å²) in [6, 6.07) is 1.98. The Morgan fingerprint density at radius 3 is 2.93 bits per heavy atom. The van der Waals surface area contributed by atoms with Gasteiger partial charge in [-0.2, -0.15) is 5.26 Å². The molecule has 14 heavy (non-hydrogen) atoms. The van der Waals surface area contributed by atoms with Crippen LogP contribution in [0.3, 0.4) is 0 Å². The zero-order valence-corrected chi connectivity index (χ0v) is 8.10. The number of carbonyl (C=O) groups is 1. The Bertz CT molecular complexity index is 267. The van der Waals surface area contributed by atoms with Crippen molar-refractivity contribution in [2.75, 3.05) is 7.11 Å². The molecule has 0 aromatic rings. The predicted molar refractivity (Wildman–Crippen MR) is 49.4 cm³/mol. The first-order valence-electron chi connectivity index (χ1n) is 4.57. The Labute approximate surface area is 83.1 Å². The number of hydrogen-bond donors (Lipinski definition) is 0. The number of rotatable bonds is 2. The summed E-state index contributed by atoms with van der Waals surface area (Å²) in [5, 5.41) is 8.82. The van der Waals surface area contributed by atoms with Gasteiger partial charge in [0.1, 0.15) is 6.07 Å². The number of carbonyl (C=O) groups excluding carboxylic acids is 1. The van der Waals surface area contributed by atoms with Gasteiger partial charge in [-0.05, 0) is 19.3 Å². The van der Waals surface area contributed by atoms with E-state index in [0.717, 1.165) is 19.3 Å². The molecule has 1 aliphatic rings. The first-order valence-corrected chi connectivity index (χ1v) is 4.57. The van der Waals surface area contributed by atoms with Gasteiger partial charge >= 0.3 is 6.16 Å². The van der Waals surface area contributed by atoms with E-state index in [1.54, 1.807) is 0 Å². The Kier molecular flexibility index (Phi) is 3.99. The lowest BCUT2D eigenvalue weighted by Crippen LogP contribution is -2.26. The fourth-order valence-corrected chi connectivity index (χ4v) is 1.47. The zero-order valence-electron chi connectivity index (χ0n) is 8.10. The van der Waals surface area contributed by atoms with Crippen molar-refractivity contribution < 1.29 is 14.3 Å². The summed E-state index contributed by atoms with van der Waals surface area (Å²) in [4.78, 5) is 10.8. The Morgan fingerprint density at radius 1 is 1.64 bits per heavy atom. The lowest BCUT2D eigenvalue weighted by molar-refractivity contribution is 0.0336. The second kappa shape index (κ2) is 5.28. The Balaban J connectivity index is 2.49. The molecule has 2 atom stereocenters. The van der Waals surface area contributed by atoms with E-state index in [-0.39, 0.29) is 5.92 Å². The van der Waals surface area contributed by atoms with Crippen molar-refractivity contribution in [3.63, 3.8) is 0 Å². The van der Waals surface area contributed by atoms with Gasteiger partial charge in [0.2, 0.25) is 0 Å². The van der Waals surface area contributed by atoms with Gasteiger partial charge in [-0.1, -0.05) is 12.2 Å². The summed E-state index contributed by atoms with van der Waals surface area (Å²) in [6.07, 6.45) is 5.22. The highest BCUT2D eigenvalue weighted by atomic mass is 16.7. The Hall–Kier alpha value is -1.50. The van der Waals surface area contributed by atoms with E-state index < -0.39 is 12.3 Å². The number of allylic oxidation sites excluding steroid dienone is 2. The van der Waals surface area contributed by atoms with Gasteiger partial charge in [-0.15, -0.1) is 0 Å². The fraction of sp³-hybridized carbons (Fsp3) is 0.600. The van der Waals surface area contributed by atoms with Crippen molar-refractivity contribution in [2.45, 2.75) is 25.4 Å². The van der Waals surface area contributed by atoms with Gasteiger partial charge in [0.25, 0.3) is 0 Å². The Morgan fingerprint density at radius 2 is 2.43 bits per heavy atom. The van der Waals surface area contributed by atoms with Crippen molar-refractivity contribution >= 4 is 6.16 Å². The van der Waals surface area contributed by atoms with Gasteiger partial charge in [-0.3, -0.25) is 0 Å². The van der Waals surface area contributed by atoms with Crippen molar-refractivity contribution in [3.05, 3.63) is 12.2 Å². The second-order valence-electron chi connectivity index (χ2n) is 3.17. The number of methoxy groups -OCH3 is 1. The summed E-state index contributed by atoms with van der Waals surface area (Å²) < 4.78 is 9.18. The van der Waals surface area contributed by atoms with E-state index >= 15 is 0 Å². The van der Waals surface area contributed by atoms with Gasteiger partial charge in [0, 0.05) is 5.92 Å². The maximum atomic E-state index is 10.8. The SMILES string of the molecule is COC(=O)OC(C#N)C1CC=CCC1. The van der Waals surface area contributed by atoms with Gasteiger partial charge in [-0.25, -0.2) is 4.79 Å². The van der Waals surface area contributed by atoms with Gasteiger partial charge in [0.05, 0.1) is 7.11 Å². The average molecular weight is 195 g/mol. The molecule has 0 heterocycles. The van der Waals surface area contributed by atoms with Crippen LogP contribution in [0, 0.1) is 17.2 Å². The van der Waals surface area contributed by atoms with Crippen LogP contribution in [0.4, 0.5) is 4.79 Å². The molecule has 0 aromatic heterocycles. The molecule has 0 saturated heterocycles. The molecule has 0 N–H and O–H groups in total. The molecule has 4 heteroatoms. The third-order valence-corrected chi connectivity index (χ3v) is 2.25. The topological polar surface area (TPSA) is 59.3 Å². The zero-order chi connectivity index (χ0) is 10.4. The van der Waals surface area contributed by atoms with Crippen LogP contribution in [-0.2, 0) is 9.47 Å². The number of nitrogens with zero attached hydrogens (tertiary/aromatic N) is 1.